The Bertz CT molecular complexity index is 524. The molecule has 0 heteroatoms. The Morgan fingerprint density at radius 1 is 1.21 bits per heavy atom. The molecule has 0 N–H and O–H groups in total. The van der Waals surface area contributed by atoms with Crippen molar-refractivity contribution in [3.05, 3.63) is 77.4 Å². The first-order chi connectivity index (χ1) is 9.35. The molecule has 0 fully saturated rings. The molecule has 0 amide bonds. The van der Waals surface area contributed by atoms with E-state index in [1.807, 2.05) is 0 Å². The summed E-state index contributed by atoms with van der Waals surface area (Å²) >= 11 is 0. The topological polar surface area (TPSA) is 0 Å². The van der Waals surface area contributed by atoms with Gasteiger partial charge in [-0.15, -0.1) is 0 Å². The number of allylic oxidation sites excluding steroid dienone is 8. The molecule has 1 aromatic carbocycles. The van der Waals surface area contributed by atoms with Gasteiger partial charge in [-0.2, -0.15) is 0 Å². The maximum absolute atomic E-state index is 2.36. The van der Waals surface area contributed by atoms with Crippen LogP contribution in [0.5, 0.6) is 0 Å². The van der Waals surface area contributed by atoms with Gasteiger partial charge in [0.15, 0.2) is 0 Å². The molecule has 0 atom stereocenters. The van der Waals surface area contributed by atoms with E-state index in [1.54, 1.807) is 0 Å². The molecule has 1 aliphatic carbocycles. The van der Waals surface area contributed by atoms with Crippen LogP contribution in [-0.2, 0) is 0 Å². The lowest BCUT2D eigenvalue weighted by Gasteiger charge is -2.16. The highest BCUT2D eigenvalue weighted by Gasteiger charge is 2.09. The molecule has 0 heterocycles. The van der Waals surface area contributed by atoms with Crippen LogP contribution in [0.3, 0.4) is 0 Å². The molecule has 1 aromatic rings. The van der Waals surface area contributed by atoms with Gasteiger partial charge in [0.2, 0.25) is 0 Å². The van der Waals surface area contributed by atoms with Crippen LogP contribution in [0.2, 0.25) is 0 Å². The zero-order valence-electron chi connectivity index (χ0n) is 11.9. The molecule has 0 unspecified atom stereocenters. The first-order valence-electron chi connectivity index (χ1n) is 7.13. The number of hydrogen-bond donors (Lipinski definition) is 0. The van der Waals surface area contributed by atoms with Crippen LogP contribution in [-0.4, -0.2) is 0 Å². The maximum atomic E-state index is 2.36. The van der Waals surface area contributed by atoms with Gasteiger partial charge in [-0.05, 0) is 48.5 Å². The third kappa shape index (κ3) is 3.57. The fourth-order valence-corrected chi connectivity index (χ4v) is 2.45. The Morgan fingerprint density at radius 2 is 2.00 bits per heavy atom. The molecule has 0 spiro atoms. The predicted octanol–water partition coefficient (Wildman–Crippen LogP) is 5.70. The summed E-state index contributed by atoms with van der Waals surface area (Å²) in [6.45, 7) is 4.30. The Labute approximate surface area is 116 Å². The van der Waals surface area contributed by atoms with Gasteiger partial charge in [0.05, 0.1) is 0 Å². The Kier molecular flexibility index (Phi) is 4.97. The van der Waals surface area contributed by atoms with E-state index < -0.39 is 0 Å². The Hall–Kier alpha value is -1.82. The van der Waals surface area contributed by atoms with Crippen molar-refractivity contribution >= 4 is 5.57 Å². The van der Waals surface area contributed by atoms with Gasteiger partial charge in [-0.3, -0.25) is 0 Å². The molecule has 1 aliphatic rings. The summed E-state index contributed by atoms with van der Waals surface area (Å²) in [5.74, 6) is 0. The molecule has 0 saturated carbocycles. The summed E-state index contributed by atoms with van der Waals surface area (Å²) in [7, 11) is 0. The van der Waals surface area contributed by atoms with E-state index in [2.05, 4.69) is 74.6 Å². The smallest absolute Gasteiger partial charge is 0.0187 e. The molecule has 0 aliphatic heterocycles. The van der Waals surface area contributed by atoms with E-state index in [9.17, 15) is 0 Å². The minimum atomic E-state index is 1.10. The number of hydrogen-bond acceptors (Lipinski definition) is 0. The largest absolute Gasteiger partial charge is 0.0877 e. The summed E-state index contributed by atoms with van der Waals surface area (Å²) in [5.41, 5.74) is 5.63. The zero-order chi connectivity index (χ0) is 13.5. The zero-order valence-corrected chi connectivity index (χ0v) is 11.9. The average molecular weight is 250 g/mol. The first-order valence-corrected chi connectivity index (χ1v) is 7.13. The lowest BCUT2D eigenvalue weighted by molar-refractivity contribution is 0.942. The van der Waals surface area contributed by atoms with E-state index in [-0.39, 0.29) is 0 Å². The van der Waals surface area contributed by atoms with Gasteiger partial charge >= 0.3 is 0 Å². The van der Waals surface area contributed by atoms with Gasteiger partial charge in [0.25, 0.3) is 0 Å². The van der Waals surface area contributed by atoms with Crippen molar-refractivity contribution in [2.24, 2.45) is 0 Å². The molecule has 19 heavy (non-hydrogen) atoms. The Morgan fingerprint density at radius 3 is 2.68 bits per heavy atom. The highest BCUT2D eigenvalue weighted by molar-refractivity contribution is 5.76. The fraction of sp³-hybridized carbons (Fsp3) is 0.263. The van der Waals surface area contributed by atoms with E-state index in [0.717, 1.165) is 19.3 Å². The molecule has 0 saturated heterocycles. The second-order valence-corrected chi connectivity index (χ2v) is 4.80. The molecule has 2 rings (SSSR count). The normalized spacial score (nSPS) is 16.4. The highest BCUT2D eigenvalue weighted by Crippen LogP contribution is 2.30. The molecule has 0 nitrogen and oxygen atoms in total. The van der Waals surface area contributed by atoms with Gasteiger partial charge in [0.1, 0.15) is 0 Å². The molecule has 0 aromatic heterocycles. The summed E-state index contributed by atoms with van der Waals surface area (Å²) in [4.78, 5) is 0. The molecular formula is C19H22. The lowest BCUT2D eigenvalue weighted by atomic mass is 9.89. The minimum Gasteiger partial charge on any atom is -0.0877 e. The van der Waals surface area contributed by atoms with E-state index >= 15 is 0 Å². The molecule has 0 radical (unpaired) electrons. The fourth-order valence-electron chi connectivity index (χ4n) is 2.45. The van der Waals surface area contributed by atoms with Crippen molar-refractivity contribution in [3.8, 4) is 0 Å². The van der Waals surface area contributed by atoms with Crippen molar-refractivity contribution in [3.63, 3.8) is 0 Å². The average Bonchev–Trinajstić information content (AvgIpc) is 2.49. The predicted molar refractivity (Wildman–Crippen MR) is 84.9 cm³/mol. The quantitative estimate of drug-likeness (QED) is 0.601. The summed E-state index contributed by atoms with van der Waals surface area (Å²) in [6, 6.07) is 10.7. The van der Waals surface area contributed by atoms with Crippen molar-refractivity contribution in [1.29, 1.82) is 0 Å². The second kappa shape index (κ2) is 6.94. The van der Waals surface area contributed by atoms with Crippen LogP contribution in [0.25, 0.3) is 5.57 Å². The second-order valence-electron chi connectivity index (χ2n) is 4.80. The van der Waals surface area contributed by atoms with E-state index in [1.165, 1.54) is 22.3 Å². The van der Waals surface area contributed by atoms with E-state index in [0.29, 0.717) is 0 Å². The molecular weight excluding hydrogens is 228 g/mol. The Balaban J connectivity index is 2.28. The SMILES string of the molecule is C/C=C\C=C(/CC)C1=CC(c2ccccc2)=CCC1. The van der Waals surface area contributed by atoms with Gasteiger partial charge in [-0.25, -0.2) is 0 Å². The third-order valence-electron chi connectivity index (χ3n) is 3.50. The van der Waals surface area contributed by atoms with Gasteiger partial charge in [0, 0.05) is 0 Å². The van der Waals surface area contributed by atoms with Crippen LogP contribution < -0.4 is 0 Å². The summed E-state index contributed by atoms with van der Waals surface area (Å²) < 4.78 is 0. The highest BCUT2D eigenvalue weighted by atomic mass is 14.1. The summed E-state index contributed by atoms with van der Waals surface area (Å²) in [5, 5.41) is 0. The number of rotatable bonds is 4. The van der Waals surface area contributed by atoms with Crippen LogP contribution in [0.15, 0.2) is 71.9 Å². The van der Waals surface area contributed by atoms with Crippen LogP contribution >= 0.6 is 0 Å². The van der Waals surface area contributed by atoms with E-state index in [4.69, 9.17) is 0 Å². The maximum Gasteiger partial charge on any atom is -0.0187 e. The monoisotopic (exact) mass is 250 g/mol. The van der Waals surface area contributed by atoms with Crippen molar-refractivity contribution in [2.75, 3.05) is 0 Å². The van der Waals surface area contributed by atoms with Gasteiger partial charge < -0.3 is 0 Å². The minimum absolute atomic E-state index is 1.10. The summed E-state index contributed by atoms with van der Waals surface area (Å²) in [6.07, 6.45) is 14.6. The van der Waals surface area contributed by atoms with Gasteiger partial charge in [-0.1, -0.05) is 67.6 Å². The number of benzene rings is 1. The first kappa shape index (κ1) is 13.6. The molecule has 98 valence electrons. The van der Waals surface area contributed by atoms with Crippen LogP contribution in [0.1, 0.15) is 38.7 Å². The van der Waals surface area contributed by atoms with Crippen LogP contribution in [0, 0.1) is 0 Å². The van der Waals surface area contributed by atoms with Crippen molar-refractivity contribution < 1.29 is 0 Å². The van der Waals surface area contributed by atoms with Crippen molar-refractivity contribution in [2.45, 2.75) is 33.1 Å². The molecule has 0 bridgehead atoms. The van der Waals surface area contributed by atoms with Crippen molar-refractivity contribution in [1.82, 2.24) is 0 Å². The standard InChI is InChI=1S/C19H22/c1-3-5-10-16(4-2)18-13-9-14-19(15-18)17-11-7-6-8-12-17/h3,5-8,10-12,14-15H,4,9,13H2,1-2H3/b5-3-,16-10+. The van der Waals surface area contributed by atoms with Crippen LogP contribution in [0.4, 0.5) is 0 Å². The third-order valence-corrected chi connectivity index (χ3v) is 3.50. The lowest BCUT2D eigenvalue weighted by Crippen LogP contribution is -1.96.